The van der Waals surface area contributed by atoms with Crippen molar-refractivity contribution in [3.8, 4) is 0 Å². The van der Waals surface area contributed by atoms with Crippen molar-refractivity contribution in [2.75, 3.05) is 0 Å². The maximum absolute atomic E-state index is 13.9. The quantitative estimate of drug-likeness (QED) is 0.331. The van der Waals surface area contributed by atoms with E-state index in [0.29, 0.717) is 24.7 Å². The van der Waals surface area contributed by atoms with Crippen LogP contribution in [0.3, 0.4) is 0 Å². The van der Waals surface area contributed by atoms with Crippen molar-refractivity contribution in [1.82, 2.24) is 0 Å². The Morgan fingerprint density at radius 2 is 1.63 bits per heavy atom. The number of rotatable bonds is 5. The first-order chi connectivity index (χ1) is 16.3. The number of fused-ring (bicyclic) bond motifs is 1. The second-order valence-corrected chi connectivity index (χ2v) is 13.1. The molecule has 9 nitrogen and oxygen atoms in total. The van der Waals surface area contributed by atoms with E-state index in [1.807, 2.05) is 6.92 Å². The average molecular weight is 519 g/mol. The van der Waals surface area contributed by atoms with Gasteiger partial charge in [-0.15, -0.1) is 0 Å². The molecule has 0 radical (unpaired) electrons. The Hall–Kier alpha value is -1.82. The molecule has 8 aliphatic rings. The molecular formula is C23H28F2O9S. The Labute approximate surface area is 201 Å². The molecule has 1 aliphatic heterocycles. The highest BCUT2D eigenvalue weighted by molar-refractivity contribution is 7.87. The van der Waals surface area contributed by atoms with Crippen LogP contribution >= 0.6 is 0 Å². The summed E-state index contributed by atoms with van der Waals surface area (Å²) in [4.78, 5) is 38.4. The molecule has 7 saturated carbocycles. The van der Waals surface area contributed by atoms with E-state index in [1.165, 1.54) is 6.42 Å². The molecule has 35 heavy (non-hydrogen) atoms. The summed E-state index contributed by atoms with van der Waals surface area (Å²) < 4.78 is 75.0. The second-order valence-electron chi connectivity index (χ2n) is 11.6. The average Bonchev–Trinajstić information content (AvgIpc) is 3.06. The Morgan fingerprint density at radius 3 is 2.20 bits per heavy atom. The highest BCUT2D eigenvalue weighted by Crippen LogP contribution is 2.61. The fourth-order valence-corrected chi connectivity index (χ4v) is 8.79. The number of carbonyl (C=O) groups is 3. The van der Waals surface area contributed by atoms with E-state index in [1.54, 1.807) is 0 Å². The van der Waals surface area contributed by atoms with Crippen molar-refractivity contribution in [2.45, 2.75) is 74.9 Å². The molecule has 194 valence electrons. The third kappa shape index (κ3) is 3.24. The first-order valence-electron chi connectivity index (χ1n) is 12.3. The standard InChI is InChI=1S/C23H28F2O9S/c1-22(11-5-9-4-10(7-11)8-12(22)6-9)34-20(27)16-14-3-2-13-15(16)19(26)32-17(13)18(14)33-21(28)23(24,25)35(29,30)31/h9-18H,2-8H2,1H3,(H,29,30,31). The molecule has 0 amide bonds. The minimum Gasteiger partial charge on any atom is -0.459 e. The van der Waals surface area contributed by atoms with E-state index in [0.717, 1.165) is 25.7 Å². The third-order valence-electron chi connectivity index (χ3n) is 9.99. The number of esters is 3. The molecule has 7 aliphatic carbocycles. The molecule has 8 fully saturated rings. The third-order valence-corrected chi connectivity index (χ3v) is 10.8. The molecule has 6 unspecified atom stereocenters. The van der Waals surface area contributed by atoms with Gasteiger partial charge >= 0.3 is 33.3 Å². The van der Waals surface area contributed by atoms with Gasteiger partial charge in [-0.05, 0) is 75.5 Å². The van der Waals surface area contributed by atoms with Crippen LogP contribution in [0.15, 0.2) is 0 Å². The lowest BCUT2D eigenvalue weighted by atomic mass is 9.50. The largest absolute Gasteiger partial charge is 0.465 e. The SMILES string of the molecule is CC1(OC(=O)C2C3CCC4C(OC(=O)C42)C3OC(=O)C(F)(F)S(=O)(=O)O)C2CC3CC(C2)CC1C3. The zero-order chi connectivity index (χ0) is 25.1. The summed E-state index contributed by atoms with van der Waals surface area (Å²) in [6.45, 7) is 1.96. The van der Waals surface area contributed by atoms with E-state index >= 15 is 0 Å². The smallest absolute Gasteiger partial charge is 0.459 e. The summed E-state index contributed by atoms with van der Waals surface area (Å²) in [6.07, 6.45) is 3.49. The summed E-state index contributed by atoms with van der Waals surface area (Å²) in [5, 5.41) is -5.18. The first kappa shape index (κ1) is 23.6. The number of alkyl halides is 2. The molecule has 8 rings (SSSR count). The number of hydrogen-bond donors (Lipinski definition) is 1. The van der Waals surface area contributed by atoms with E-state index in [4.69, 9.17) is 18.8 Å². The van der Waals surface area contributed by atoms with Crippen LogP contribution in [-0.2, 0) is 38.7 Å². The van der Waals surface area contributed by atoms with Gasteiger partial charge in [0.05, 0.1) is 11.8 Å². The van der Waals surface area contributed by atoms with Gasteiger partial charge in [-0.2, -0.15) is 17.2 Å². The fourth-order valence-electron chi connectivity index (χ4n) is 8.53. The zero-order valence-electron chi connectivity index (χ0n) is 19.1. The fraction of sp³-hybridized carbons (Fsp3) is 0.870. The molecule has 6 atom stereocenters. The van der Waals surface area contributed by atoms with E-state index in [9.17, 15) is 31.6 Å². The van der Waals surface area contributed by atoms with Gasteiger partial charge < -0.3 is 14.2 Å². The summed E-state index contributed by atoms with van der Waals surface area (Å²) in [5.74, 6) is -5.21. The molecule has 1 N–H and O–H groups in total. The minimum atomic E-state index is -6.06. The van der Waals surface area contributed by atoms with E-state index < -0.39 is 74.8 Å². The van der Waals surface area contributed by atoms with Gasteiger partial charge in [0.1, 0.15) is 17.8 Å². The van der Waals surface area contributed by atoms with Crippen LogP contribution < -0.4 is 0 Å². The molecule has 12 heteroatoms. The van der Waals surface area contributed by atoms with Gasteiger partial charge in [0.25, 0.3) is 0 Å². The van der Waals surface area contributed by atoms with Gasteiger partial charge in [-0.25, -0.2) is 4.79 Å². The molecule has 1 heterocycles. The van der Waals surface area contributed by atoms with Gasteiger partial charge in [0.2, 0.25) is 0 Å². The molecule has 8 bridgehead atoms. The van der Waals surface area contributed by atoms with Crippen LogP contribution in [0.1, 0.15) is 51.9 Å². The van der Waals surface area contributed by atoms with Crippen molar-refractivity contribution in [3.05, 3.63) is 0 Å². The molecule has 1 saturated heterocycles. The predicted octanol–water partition coefficient (Wildman–Crippen LogP) is 2.33. The lowest BCUT2D eigenvalue weighted by Gasteiger charge is -2.59. The van der Waals surface area contributed by atoms with Gasteiger partial charge in [0, 0.05) is 11.8 Å². The molecular weight excluding hydrogens is 490 g/mol. The highest BCUT2D eigenvalue weighted by Gasteiger charge is 2.68. The first-order valence-corrected chi connectivity index (χ1v) is 13.7. The van der Waals surface area contributed by atoms with Crippen LogP contribution in [-0.4, -0.2) is 53.9 Å². The van der Waals surface area contributed by atoms with E-state index in [-0.39, 0.29) is 11.8 Å². The minimum absolute atomic E-state index is 0.230. The topological polar surface area (TPSA) is 133 Å². The van der Waals surface area contributed by atoms with Crippen LogP contribution in [0.25, 0.3) is 0 Å². The van der Waals surface area contributed by atoms with Crippen molar-refractivity contribution in [1.29, 1.82) is 0 Å². The predicted molar refractivity (Wildman–Crippen MR) is 111 cm³/mol. The Balaban J connectivity index is 1.26. The number of halogens is 2. The zero-order valence-corrected chi connectivity index (χ0v) is 19.9. The van der Waals surface area contributed by atoms with Crippen molar-refractivity contribution in [2.24, 2.45) is 47.3 Å². The summed E-state index contributed by atoms with van der Waals surface area (Å²) in [7, 11) is -6.06. The molecule has 0 aromatic heterocycles. The Morgan fingerprint density at radius 1 is 1.06 bits per heavy atom. The van der Waals surface area contributed by atoms with Crippen LogP contribution in [0, 0.1) is 47.3 Å². The maximum atomic E-state index is 13.9. The monoisotopic (exact) mass is 518 g/mol. The van der Waals surface area contributed by atoms with Gasteiger partial charge in [-0.3, -0.25) is 14.1 Å². The Bertz CT molecular complexity index is 1060. The normalized spacial score (nSPS) is 47.5. The molecule has 0 spiro atoms. The molecule has 0 aromatic rings. The summed E-state index contributed by atoms with van der Waals surface area (Å²) in [6, 6.07) is 0. The van der Waals surface area contributed by atoms with Crippen molar-refractivity contribution < 1.29 is 50.3 Å². The number of carbonyl (C=O) groups excluding carboxylic acids is 3. The van der Waals surface area contributed by atoms with Crippen molar-refractivity contribution in [3.63, 3.8) is 0 Å². The summed E-state index contributed by atoms with van der Waals surface area (Å²) in [5.41, 5.74) is -0.673. The van der Waals surface area contributed by atoms with Crippen LogP contribution in [0.5, 0.6) is 0 Å². The van der Waals surface area contributed by atoms with Gasteiger partial charge in [0.15, 0.2) is 0 Å². The van der Waals surface area contributed by atoms with Crippen LogP contribution in [0.2, 0.25) is 0 Å². The lowest BCUT2D eigenvalue weighted by molar-refractivity contribution is -0.220. The van der Waals surface area contributed by atoms with E-state index in [2.05, 4.69) is 0 Å². The van der Waals surface area contributed by atoms with Gasteiger partial charge in [-0.1, -0.05) is 0 Å². The Kier molecular flexibility index (Phi) is 4.96. The lowest BCUT2D eigenvalue weighted by Crippen LogP contribution is -2.61. The number of hydrogen-bond acceptors (Lipinski definition) is 8. The maximum Gasteiger partial charge on any atom is 0.465 e. The highest BCUT2D eigenvalue weighted by atomic mass is 32.2. The second kappa shape index (κ2) is 7.36. The molecule has 0 aromatic carbocycles. The van der Waals surface area contributed by atoms with Crippen molar-refractivity contribution >= 4 is 28.0 Å². The summed E-state index contributed by atoms with van der Waals surface area (Å²) >= 11 is 0. The number of ether oxygens (including phenoxy) is 3. The van der Waals surface area contributed by atoms with Crippen LogP contribution in [0.4, 0.5) is 8.78 Å².